The van der Waals surface area contributed by atoms with E-state index in [2.05, 4.69) is 36.9 Å². The van der Waals surface area contributed by atoms with E-state index in [-0.39, 0.29) is 18.5 Å². The summed E-state index contributed by atoms with van der Waals surface area (Å²) >= 11 is 0. The molecule has 0 bridgehead atoms. The second-order valence-electron chi connectivity index (χ2n) is 17.7. The van der Waals surface area contributed by atoms with Gasteiger partial charge in [-0.2, -0.15) is 0 Å². The number of nitrogens with zero attached hydrogens (tertiary/aromatic N) is 3. The number of urea groups is 1. The van der Waals surface area contributed by atoms with Gasteiger partial charge in [-0.1, -0.05) is 55.0 Å². The highest BCUT2D eigenvalue weighted by Crippen LogP contribution is 2.28. The number of rotatable bonds is 16. The van der Waals surface area contributed by atoms with Crippen molar-refractivity contribution in [1.82, 2.24) is 40.7 Å². The van der Waals surface area contributed by atoms with Crippen LogP contribution in [0.5, 0.6) is 0 Å². The van der Waals surface area contributed by atoms with Crippen molar-refractivity contribution in [1.29, 1.82) is 0 Å². The number of H-pyrrole nitrogens is 2. The van der Waals surface area contributed by atoms with Gasteiger partial charge in [0.25, 0.3) is 0 Å². The van der Waals surface area contributed by atoms with E-state index in [1.165, 1.54) is 19.3 Å². The predicted octanol–water partition coefficient (Wildman–Crippen LogP) is 7.04. The molecule has 14 nitrogen and oxygen atoms in total. The highest BCUT2D eigenvalue weighted by Gasteiger charge is 2.37. The average molecular weight is 825 g/mol. The van der Waals surface area contributed by atoms with Crippen LogP contribution < -0.4 is 16.0 Å². The van der Waals surface area contributed by atoms with Crippen molar-refractivity contribution in [2.45, 2.75) is 128 Å². The van der Waals surface area contributed by atoms with Gasteiger partial charge < -0.3 is 45.2 Å². The summed E-state index contributed by atoms with van der Waals surface area (Å²) in [7, 11) is 0. The van der Waals surface area contributed by atoms with Gasteiger partial charge in [0.2, 0.25) is 5.91 Å². The molecule has 2 aliphatic heterocycles. The van der Waals surface area contributed by atoms with Crippen molar-refractivity contribution in [2.24, 2.45) is 0 Å². The number of hydrogen-bond donors (Lipinski definition) is 5. The van der Waals surface area contributed by atoms with Gasteiger partial charge in [0.1, 0.15) is 24.1 Å². The highest BCUT2D eigenvalue weighted by molar-refractivity contribution is 5.91. The molecule has 0 spiro atoms. The number of piperidine rings is 2. The molecule has 4 heterocycles. The molecule has 0 radical (unpaired) electrons. The van der Waals surface area contributed by atoms with E-state index in [1.807, 2.05) is 59.6 Å². The van der Waals surface area contributed by atoms with Gasteiger partial charge in [-0.25, -0.2) is 19.4 Å². The van der Waals surface area contributed by atoms with Crippen molar-refractivity contribution in [3.63, 3.8) is 0 Å². The number of unbranched alkanes of at least 4 members (excludes halogenated alkanes) is 1. The minimum atomic E-state index is -1.14. The number of likely N-dealkylation sites (tertiary alicyclic amines) is 2. The van der Waals surface area contributed by atoms with Gasteiger partial charge in [0.05, 0.1) is 11.5 Å². The van der Waals surface area contributed by atoms with Gasteiger partial charge in [0.15, 0.2) is 0 Å². The molecule has 2 unspecified atom stereocenters. The smallest absolute Gasteiger partial charge is 0.407 e. The van der Waals surface area contributed by atoms with Crippen molar-refractivity contribution in [3.8, 4) is 0 Å². The van der Waals surface area contributed by atoms with E-state index in [0.717, 1.165) is 48.0 Å². The number of para-hydroxylation sites is 1. The minimum Gasteiger partial charge on any atom is -0.458 e. The number of aromatic amines is 2. The summed E-state index contributed by atoms with van der Waals surface area (Å²) in [6.45, 7) is 13.1. The number of nitrogens with one attached hydrogen (secondary N) is 5. The summed E-state index contributed by atoms with van der Waals surface area (Å²) in [6.07, 6.45) is 10.7. The first-order chi connectivity index (χ1) is 28.8. The number of benzene rings is 2. The zero-order chi connectivity index (χ0) is 42.7. The fourth-order valence-electron chi connectivity index (χ4n) is 8.05. The number of aromatic nitrogens is 3. The Bertz CT molecular complexity index is 2020. The monoisotopic (exact) mass is 824 g/mol. The number of ether oxygens (including phenoxy) is 2. The van der Waals surface area contributed by atoms with E-state index in [1.54, 1.807) is 40.8 Å². The van der Waals surface area contributed by atoms with Gasteiger partial charge in [0, 0.05) is 61.1 Å². The van der Waals surface area contributed by atoms with Crippen molar-refractivity contribution < 1.29 is 28.7 Å². The molecule has 0 saturated carbocycles. The zero-order valence-corrected chi connectivity index (χ0v) is 36.0. The third-order valence-electron chi connectivity index (χ3n) is 11.6. The standard InChI is InChI=1S/C46H64N8O6/c1-45(2,3)60-41(55)37(20-12-13-23-47-44(58)59-31-32-16-8-6-9-17-32)50-42(56)46(4,5)39-30-49-40(52-39)38(28-33-29-48-36-19-11-10-18-35(33)36)51-43(57)54-26-21-34(22-27-54)53-24-14-7-15-25-53/h6,8-11,16-19,29-30,34,37-38,48H,7,12-15,20-28,31H2,1-5H3,(H,47,58)(H,49,52)(H,50,56)(H,51,57). The highest BCUT2D eigenvalue weighted by atomic mass is 16.6. The molecule has 2 aromatic carbocycles. The van der Waals surface area contributed by atoms with Crippen LogP contribution in [0.4, 0.5) is 9.59 Å². The molecule has 2 saturated heterocycles. The number of hydrogen-bond acceptors (Lipinski definition) is 8. The molecular formula is C46H64N8O6. The van der Waals surface area contributed by atoms with Crippen LogP contribution in [0.3, 0.4) is 0 Å². The lowest BCUT2D eigenvalue weighted by Crippen LogP contribution is -2.51. The van der Waals surface area contributed by atoms with E-state index in [4.69, 9.17) is 14.5 Å². The molecule has 6 rings (SSSR count). The van der Waals surface area contributed by atoms with Crippen LogP contribution in [-0.2, 0) is 37.5 Å². The first-order valence-corrected chi connectivity index (χ1v) is 21.6. The van der Waals surface area contributed by atoms with Gasteiger partial charge >= 0.3 is 18.1 Å². The van der Waals surface area contributed by atoms with Crippen molar-refractivity contribution in [2.75, 3.05) is 32.7 Å². The molecule has 60 heavy (non-hydrogen) atoms. The van der Waals surface area contributed by atoms with Crippen LogP contribution in [0.2, 0.25) is 0 Å². The van der Waals surface area contributed by atoms with Crippen LogP contribution in [0.25, 0.3) is 10.9 Å². The van der Waals surface area contributed by atoms with Crippen LogP contribution in [0, 0.1) is 0 Å². The van der Waals surface area contributed by atoms with E-state index in [9.17, 15) is 19.2 Å². The molecule has 2 fully saturated rings. The van der Waals surface area contributed by atoms with E-state index < -0.39 is 35.2 Å². The lowest BCUT2D eigenvalue weighted by molar-refractivity contribution is -0.159. The molecule has 2 atom stereocenters. The van der Waals surface area contributed by atoms with E-state index >= 15 is 0 Å². The Morgan fingerprint density at radius 3 is 2.33 bits per heavy atom. The van der Waals surface area contributed by atoms with Crippen LogP contribution in [0.1, 0.15) is 115 Å². The van der Waals surface area contributed by atoms with Gasteiger partial charge in [-0.05, 0) is 110 Å². The van der Waals surface area contributed by atoms with Crippen molar-refractivity contribution in [3.05, 3.63) is 89.6 Å². The SMILES string of the molecule is CC(C)(C)OC(=O)C(CCCCNC(=O)OCc1ccccc1)NC(=O)C(C)(C)c1cnc(C(Cc2c[nH]c3ccccc23)NC(=O)N2CCC(N3CCCCC3)CC2)[nH]1. The molecule has 2 aromatic heterocycles. The maximum Gasteiger partial charge on any atom is 0.407 e. The largest absolute Gasteiger partial charge is 0.458 e. The van der Waals surface area contributed by atoms with Crippen LogP contribution >= 0.6 is 0 Å². The second-order valence-corrected chi connectivity index (χ2v) is 17.7. The van der Waals surface area contributed by atoms with Crippen molar-refractivity contribution >= 4 is 34.9 Å². The molecule has 5 N–H and O–H groups in total. The normalized spacial score (nSPS) is 16.5. The first kappa shape index (κ1) is 44.2. The minimum absolute atomic E-state index is 0.133. The first-order valence-electron chi connectivity index (χ1n) is 21.6. The lowest BCUT2D eigenvalue weighted by Gasteiger charge is -2.40. The fourth-order valence-corrected chi connectivity index (χ4v) is 8.05. The summed E-state index contributed by atoms with van der Waals surface area (Å²) < 4.78 is 11.0. The summed E-state index contributed by atoms with van der Waals surface area (Å²) in [4.78, 5) is 69.7. The Hall–Kier alpha value is -5.37. The van der Waals surface area contributed by atoms with E-state index in [0.29, 0.717) is 62.9 Å². The van der Waals surface area contributed by atoms with Crippen LogP contribution in [0.15, 0.2) is 67.0 Å². The number of alkyl carbamates (subject to hydrolysis) is 1. The van der Waals surface area contributed by atoms with Gasteiger partial charge in [-0.3, -0.25) is 4.79 Å². The third-order valence-corrected chi connectivity index (χ3v) is 11.6. The number of esters is 1. The molecule has 324 valence electrons. The quantitative estimate of drug-likeness (QED) is 0.0592. The van der Waals surface area contributed by atoms with Gasteiger partial charge in [-0.15, -0.1) is 0 Å². The predicted molar refractivity (Wildman–Crippen MR) is 231 cm³/mol. The molecular weight excluding hydrogens is 761 g/mol. The van der Waals surface area contributed by atoms with Crippen LogP contribution in [-0.4, -0.2) is 99.2 Å². The topological polar surface area (TPSA) is 174 Å². The molecule has 4 aromatic rings. The maximum absolute atomic E-state index is 14.1. The summed E-state index contributed by atoms with van der Waals surface area (Å²) in [5.74, 6) is -0.384. The summed E-state index contributed by atoms with van der Waals surface area (Å²) in [5, 5.41) is 10.1. The number of imidazole rings is 1. The fraction of sp³-hybridized carbons (Fsp3) is 0.543. The summed E-state index contributed by atoms with van der Waals surface area (Å²) in [6, 6.07) is 16.5. The lowest BCUT2D eigenvalue weighted by atomic mass is 9.88. The Labute approximate surface area is 353 Å². The number of fused-ring (bicyclic) bond motifs is 1. The average Bonchev–Trinajstić information content (AvgIpc) is 3.91. The number of carbonyl (C=O) groups excluding carboxylic acids is 4. The third kappa shape index (κ3) is 12.1. The number of amides is 4. The Balaban J connectivity index is 1.10. The molecule has 14 heteroatoms. The number of carbonyl (C=O) groups is 4. The Morgan fingerprint density at radius 1 is 0.883 bits per heavy atom. The second kappa shape index (κ2) is 20.3. The Kier molecular flexibility index (Phi) is 14.9. The summed E-state index contributed by atoms with van der Waals surface area (Å²) in [5.41, 5.74) is 1.58. The molecule has 4 amide bonds. The Morgan fingerprint density at radius 2 is 1.60 bits per heavy atom. The molecule has 0 aliphatic carbocycles. The maximum atomic E-state index is 14.1. The molecule has 2 aliphatic rings. The zero-order valence-electron chi connectivity index (χ0n) is 36.0.